The molecule has 1 fully saturated rings. The minimum absolute atomic E-state index is 0.00771. The summed E-state index contributed by atoms with van der Waals surface area (Å²) < 4.78 is 33.2. The average molecular weight is 387 g/mol. The number of aromatic nitrogens is 2. The largest absolute Gasteiger partial charge is 0.469 e. The predicted molar refractivity (Wildman–Crippen MR) is 96.4 cm³/mol. The van der Waals surface area contributed by atoms with E-state index >= 15 is 0 Å². The van der Waals surface area contributed by atoms with E-state index in [-0.39, 0.29) is 49.3 Å². The van der Waals surface area contributed by atoms with Crippen molar-refractivity contribution in [2.45, 2.75) is 25.0 Å². The Labute approximate surface area is 152 Å². The summed E-state index contributed by atoms with van der Waals surface area (Å²) in [6.07, 6.45) is 2.88. The van der Waals surface area contributed by atoms with Gasteiger partial charge < -0.3 is 25.8 Å². The Hall–Kier alpha value is -1.98. The molecule has 0 bridgehead atoms. The number of rotatable bonds is 8. The van der Waals surface area contributed by atoms with Crippen LogP contribution in [0.25, 0.3) is 0 Å². The molecule has 26 heavy (non-hydrogen) atoms. The van der Waals surface area contributed by atoms with Crippen LogP contribution in [0, 0.1) is 0 Å². The third kappa shape index (κ3) is 5.78. The standard InChI is InChI=1S/C15H25N5O5S/c1-24-13(21)3-5-25-12-9-20(8-11(12)16)14-10(4-6-26(2,22)23)7-18-15(17)19-14/h7,11-12H,3-6,8-9,16H2,1-2H3,(H2,17,18,19). The maximum absolute atomic E-state index is 11.4. The fourth-order valence-electron chi connectivity index (χ4n) is 2.70. The molecule has 10 nitrogen and oxygen atoms in total. The first-order chi connectivity index (χ1) is 12.2. The lowest BCUT2D eigenvalue weighted by molar-refractivity contribution is -0.142. The van der Waals surface area contributed by atoms with Crippen molar-refractivity contribution in [1.29, 1.82) is 0 Å². The van der Waals surface area contributed by atoms with E-state index in [2.05, 4.69) is 14.7 Å². The summed E-state index contributed by atoms with van der Waals surface area (Å²) in [6, 6.07) is -0.272. The van der Waals surface area contributed by atoms with Gasteiger partial charge in [0.05, 0.1) is 38.0 Å². The van der Waals surface area contributed by atoms with Crippen molar-refractivity contribution in [3.8, 4) is 0 Å². The van der Waals surface area contributed by atoms with Gasteiger partial charge in [-0.05, 0) is 6.42 Å². The van der Waals surface area contributed by atoms with Crippen LogP contribution >= 0.6 is 0 Å². The molecule has 2 unspecified atom stereocenters. The van der Waals surface area contributed by atoms with Crippen LogP contribution in [0.15, 0.2) is 6.20 Å². The monoisotopic (exact) mass is 387 g/mol. The Balaban J connectivity index is 2.06. The first-order valence-electron chi connectivity index (χ1n) is 8.17. The number of methoxy groups -OCH3 is 1. The molecule has 0 radical (unpaired) electrons. The van der Waals surface area contributed by atoms with E-state index in [1.54, 1.807) is 6.20 Å². The summed E-state index contributed by atoms with van der Waals surface area (Å²) >= 11 is 0. The van der Waals surface area contributed by atoms with Crippen LogP contribution in [0.2, 0.25) is 0 Å². The van der Waals surface area contributed by atoms with Crippen LogP contribution in [0.4, 0.5) is 11.8 Å². The Morgan fingerprint density at radius 2 is 2.15 bits per heavy atom. The molecule has 1 aliphatic rings. The van der Waals surface area contributed by atoms with E-state index in [0.717, 1.165) is 0 Å². The zero-order valence-corrected chi connectivity index (χ0v) is 15.7. The molecule has 1 aromatic rings. The van der Waals surface area contributed by atoms with E-state index in [4.69, 9.17) is 16.2 Å². The van der Waals surface area contributed by atoms with Crippen molar-refractivity contribution in [2.75, 3.05) is 49.4 Å². The number of nitrogen functional groups attached to an aromatic ring is 1. The predicted octanol–water partition coefficient (Wildman–Crippen LogP) is -1.26. The number of hydrogen-bond donors (Lipinski definition) is 2. The van der Waals surface area contributed by atoms with Crippen molar-refractivity contribution in [3.05, 3.63) is 11.8 Å². The van der Waals surface area contributed by atoms with Crippen LogP contribution in [-0.2, 0) is 30.5 Å². The number of sulfone groups is 1. The second kappa shape index (κ2) is 8.60. The molecule has 1 aromatic heterocycles. The maximum Gasteiger partial charge on any atom is 0.307 e. The van der Waals surface area contributed by atoms with Crippen molar-refractivity contribution in [3.63, 3.8) is 0 Å². The maximum atomic E-state index is 11.4. The number of nitrogens with two attached hydrogens (primary N) is 2. The minimum atomic E-state index is -3.12. The zero-order chi connectivity index (χ0) is 19.3. The number of carbonyl (C=O) groups is 1. The van der Waals surface area contributed by atoms with Gasteiger partial charge in [-0.25, -0.2) is 13.4 Å². The molecule has 0 aromatic carbocycles. The van der Waals surface area contributed by atoms with E-state index in [0.29, 0.717) is 24.5 Å². The first kappa shape index (κ1) is 20.3. The molecular weight excluding hydrogens is 362 g/mol. The van der Waals surface area contributed by atoms with Gasteiger partial charge in [0.25, 0.3) is 0 Å². The summed E-state index contributed by atoms with van der Waals surface area (Å²) in [5.41, 5.74) is 12.5. The molecule has 0 aliphatic carbocycles. The normalized spacial score (nSPS) is 20.3. The van der Waals surface area contributed by atoms with Gasteiger partial charge in [0.1, 0.15) is 15.7 Å². The highest BCUT2D eigenvalue weighted by Gasteiger charge is 2.33. The summed E-state index contributed by atoms with van der Waals surface area (Å²) in [5.74, 6) is 0.314. The van der Waals surface area contributed by atoms with Crippen LogP contribution in [0.5, 0.6) is 0 Å². The number of esters is 1. The van der Waals surface area contributed by atoms with Crippen molar-refractivity contribution < 1.29 is 22.7 Å². The lowest BCUT2D eigenvalue weighted by Crippen LogP contribution is -2.35. The van der Waals surface area contributed by atoms with Gasteiger partial charge >= 0.3 is 5.97 Å². The number of aryl methyl sites for hydroxylation is 1. The number of hydrogen-bond acceptors (Lipinski definition) is 10. The van der Waals surface area contributed by atoms with Crippen molar-refractivity contribution in [1.82, 2.24) is 9.97 Å². The third-order valence-electron chi connectivity index (χ3n) is 4.08. The van der Waals surface area contributed by atoms with Gasteiger partial charge in [-0.3, -0.25) is 4.79 Å². The topological polar surface area (TPSA) is 151 Å². The van der Waals surface area contributed by atoms with Gasteiger partial charge in [0.2, 0.25) is 5.95 Å². The second-order valence-corrected chi connectivity index (χ2v) is 8.52. The lowest BCUT2D eigenvalue weighted by Gasteiger charge is -2.20. The second-order valence-electron chi connectivity index (χ2n) is 6.26. The molecule has 2 rings (SSSR count). The fraction of sp³-hybridized carbons (Fsp3) is 0.667. The van der Waals surface area contributed by atoms with Gasteiger partial charge in [0, 0.05) is 31.1 Å². The fourth-order valence-corrected chi connectivity index (χ4v) is 3.29. The molecule has 0 saturated carbocycles. The van der Waals surface area contributed by atoms with E-state index < -0.39 is 9.84 Å². The smallest absolute Gasteiger partial charge is 0.307 e. The highest BCUT2D eigenvalue weighted by Crippen LogP contribution is 2.24. The van der Waals surface area contributed by atoms with E-state index in [9.17, 15) is 13.2 Å². The van der Waals surface area contributed by atoms with Crippen LogP contribution in [0.3, 0.4) is 0 Å². The SMILES string of the molecule is COC(=O)CCOC1CN(c2nc(N)ncc2CCS(C)(=O)=O)CC1N. The summed E-state index contributed by atoms with van der Waals surface area (Å²) in [7, 11) is -1.79. The zero-order valence-electron chi connectivity index (χ0n) is 14.9. The molecule has 1 aliphatic heterocycles. The Morgan fingerprint density at radius 3 is 2.81 bits per heavy atom. The third-order valence-corrected chi connectivity index (χ3v) is 5.02. The van der Waals surface area contributed by atoms with Gasteiger partial charge in [-0.15, -0.1) is 0 Å². The lowest BCUT2D eigenvalue weighted by atomic mass is 10.2. The number of carbonyl (C=O) groups excluding carboxylic acids is 1. The van der Waals surface area contributed by atoms with Gasteiger partial charge in [-0.2, -0.15) is 4.98 Å². The minimum Gasteiger partial charge on any atom is -0.469 e. The average Bonchev–Trinajstić information content (AvgIpc) is 2.93. The summed E-state index contributed by atoms with van der Waals surface area (Å²) in [5, 5.41) is 0. The summed E-state index contributed by atoms with van der Waals surface area (Å²) in [4.78, 5) is 21.3. The first-order valence-corrected chi connectivity index (χ1v) is 10.2. The number of ether oxygens (including phenoxy) is 2. The van der Waals surface area contributed by atoms with Crippen molar-refractivity contribution in [2.24, 2.45) is 5.73 Å². The molecule has 1 saturated heterocycles. The highest BCUT2D eigenvalue weighted by molar-refractivity contribution is 7.90. The van der Waals surface area contributed by atoms with Gasteiger partial charge in [-0.1, -0.05) is 0 Å². The molecule has 11 heteroatoms. The molecular formula is C15H25N5O5S. The van der Waals surface area contributed by atoms with E-state index in [1.165, 1.54) is 13.4 Å². The molecule has 2 heterocycles. The van der Waals surface area contributed by atoms with Crippen LogP contribution in [-0.4, -0.2) is 75.3 Å². The van der Waals surface area contributed by atoms with Crippen molar-refractivity contribution >= 4 is 27.6 Å². The highest BCUT2D eigenvalue weighted by atomic mass is 32.2. The number of anilines is 2. The van der Waals surface area contributed by atoms with E-state index in [1.807, 2.05) is 4.90 Å². The summed E-state index contributed by atoms with van der Waals surface area (Å²) in [6.45, 7) is 1.15. The van der Waals surface area contributed by atoms with Crippen LogP contribution < -0.4 is 16.4 Å². The molecule has 0 spiro atoms. The molecule has 0 amide bonds. The Morgan fingerprint density at radius 1 is 1.42 bits per heavy atom. The van der Waals surface area contributed by atoms with Gasteiger partial charge in [0.15, 0.2) is 0 Å². The molecule has 2 atom stereocenters. The Kier molecular flexibility index (Phi) is 6.73. The molecule has 146 valence electrons. The quantitative estimate of drug-likeness (QED) is 0.517. The molecule has 4 N–H and O–H groups in total. The van der Waals surface area contributed by atoms with Crippen LogP contribution in [0.1, 0.15) is 12.0 Å². The Bertz CT molecular complexity index is 742. The number of nitrogens with zero attached hydrogens (tertiary/aromatic N) is 3.